The molecule has 0 unspecified atom stereocenters. The highest BCUT2D eigenvalue weighted by atomic mass is 16.2. The number of anilines is 1. The number of nitrogens with zero attached hydrogens (tertiary/aromatic N) is 1. The summed E-state index contributed by atoms with van der Waals surface area (Å²) in [5.41, 5.74) is 8.57. The van der Waals surface area contributed by atoms with Crippen molar-refractivity contribution in [2.45, 2.75) is 0 Å². The topological polar surface area (TPSA) is 93.7 Å². The number of pyridine rings is 1. The molecule has 0 aliphatic rings. The molecule has 142 valence electrons. The van der Waals surface area contributed by atoms with Crippen molar-refractivity contribution < 1.29 is 14.4 Å². The molecule has 2 aromatic heterocycles. The standard InChI is InChI=1S/C23H17N3O3/c24-22(28)16-9-11-17(12-10-16)25-23(29)21(27)20-19(15-6-2-1-3-7-15)14-18-8-4-5-13-26(18)20/h1-14H,(H2,24,28)(H,25,29). The van der Waals surface area contributed by atoms with Gasteiger partial charge in [-0.25, -0.2) is 0 Å². The molecule has 6 heteroatoms. The zero-order valence-corrected chi connectivity index (χ0v) is 15.3. The van der Waals surface area contributed by atoms with E-state index < -0.39 is 17.6 Å². The van der Waals surface area contributed by atoms with E-state index in [0.29, 0.717) is 16.8 Å². The largest absolute Gasteiger partial charge is 0.366 e. The fourth-order valence-corrected chi connectivity index (χ4v) is 3.21. The first-order valence-electron chi connectivity index (χ1n) is 8.95. The van der Waals surface area contributed by atoms with Gasteiger partial charge in [-0.3, -0.25) is 14.4 Å². The van der Waals surface area contributed by atoms with E-state index in [9.17, 15) is 14.4 Å². The summed E-state index contributed by atoms with van der Waals surface area (Å²) in [6, 6.07) is 22.9. The fourth-order valence-electron chi connectivity index (χ4n) is 3.21. The summed E-state index contributed by atoms with van der Waals surface area (Å²) in [4.78, 5) is 37.0. The van der Waals surface area contributed by atoms with Gasteiger partial charge in [-0.15, -0.1) is 0 Å². The number of nitrogens with two attached hydrogens (primary N) is 1. The number of nitrogens with one attached hydrogen (secondary N) is 1. The monoisotopic (exact) mass is 383 g/mol. The highest BCUT2D eigenvalue weighted by Crippen LogP contribution is 2.28. The SMILES string of the molecule is NC(=O)c1ccc(NC(=O)C(=O)c2c(-c3ccccc3)cc3ccccn23)cc1. The first-order chi connectivity index (χ1) is 14.0. The molecule has 6 nitrogen and oxygen atoms in total. The third-order valence-electron chi connectivity index (χ3n) is 4.61. The van der Waals surface area contributed by atoms with Crippen LogP contribution >= 0.6 is 0 Å². The number of ketones is 1. The van der Waals surface area contributed by atoms with Crippen molar-refractivity contribution in [3.05, 3.63) is 96.3 Å². The molecule has 0 saturated heterocycles. The van der Waals surface area contributed by atoms with E-state index in [2.05, 4.69) is 5.32 Å². The molecule has 0 bridgehead atoms. The minimum Gasteiger partial charge on any atom is -0.366 e. The lowest BCUT2D eigenvalue weighted by atomic mass is 10.0. The van der Waals surface area contributed by atoms with Crippen LogP contribution < -0.4 is 11.1 Å². The smallest absolute Gasteiger partial charge is 0.298 e. The van der Waals surface area contributed by atoms with Crippen LogP contribution in [0.4, 0.5) is 5.69 Å². The van der Waals surface area contributed by atoms with Gasteiger partial charge in [-0.05, 0) is 48.0 Å². The Labute approximate surface area is 166 Å². The number of rotatable bonds is 5. The van der Waals surface area contributed by atoms with E-state index >= 15 is 0 Å². The van der Waals surface area contributed by atoms with Crippen LogP contribution in [0.5, 0.6) is 0 Å². The molecule has 2 amide bonds. The van der Waals surface area contributed by atoms with Gasteiger partial charge in [0.25, 0.3) is 11.7 Å². The van der Waals surface area contributed by atoms with E-state index in [-0.39, 0.29) is 5.69 Å². The third-order valence-corrected chi connectivity index (χ3v) is 4.61. The van der Waals surface area contributed by atoms with Crippen LogP contribution in [0.25, 0.3) is 16.6 Å². The molecule has 2 aromatic carbocycles. The minimum absolute atomic E-state index is 0.290. The molecular formula is C23H17N3O3. The van der Waals surface area contributed by atoms with Gasteiger partial charge in [0.05, 0.1) is 0 Å². The molecule has 4 rings (SSSR count). The number of carbonyl (C=O) groups is 3. The van der Waals surface area contributed by atoms with E-state index in [1.165, 1.54) is 24.3 Å². The van der Waals surface area contributed by atoms with Gasteiger partial charge in [0.15, 0.2) is 0 Å². The summed E-state index contributed by atoms with van der Waals surface area (Å²) >= 11 is 0. The van der Waals surface area contributed by atoms with Crippen LogP contribution in [0.15, 0.2) is 85.1 Å². The normalized spacial score (nSPS) is 10.6. The van der Waals surface area contributed by atoms with Crippen LogP contribution in [0, 0.1) is 0 Å². The average Bonchev–Trinajstić information content (AvgIpc) is 3.13. The van der Waals surface area contributed by atoms with Crippen molar-refractivity contribution in [2.24, 2.45) is 5.73 Å². The quantitative estimate of drug-likeness (QED) is 0.408. The van der Waals surface area contributed by atoms with Crippen molar-refractivity contribution in [1.29, 1.82) is 0 Å². The molecule has 3 N–H and O–H groups in total. The lowest BCUT2D eigenvalue weighted by Gasteiger charge is -2.08. The highest BCUT2D eigenvalue weighted by molar-refractivity contribution is 6.47. The Morgan fingerprint density at radius 2 is 1.52 bits per heavy atom. The third kappa shape index (κ3) is 3.51. The number of primary amides is 1. The zero-order chi connectivity index (χ0) is 20.4. The van der Waals surface area contributed by atoms with Gasteiger partial charge in [-0.1, -0.05) is 36.4 Å². The lowest BCUT2D eigenvalue weighted by molar-refractivity contribution is -0.112. The second-order valence-corrected chi connectivity index (χ2v) is 6.49. The van der Waals surface area contributed by atoms with Gasteiger partial charge >= 0.3 is 0 Å². The molecule has 0 aliphatic heterocycles. The van der Waals surface area contributed by atoms with E-state index in [0.717, 1.165) is 11.1 Å². The molecule has 0 saturated carbocycles. The molecule has 29 heavy (non-hydrogen) atoms. The maximum atomic E-state index is 13.1. The molecule has 0 aliphatic carbocycles. The molecule has 4 aromatic rings. The number of carbonyl (C=O) groups excluding carboxylic acids is 3. The number of aromatic nitrogens is 1. The summed E-state index contributed by atoms with van der Waals surface area (Å²) in [7, 11) is 0. The molecule has 0 radical (unpaired) electrons. The number of hydrogen-bond donors (Lipinski definition) is 2. The van der Waals surface area contributed by atoms with E-state index in [1.54, 1.807) is 16.7 Å². The first-order valence-corrected chi connectivity index (χ1v) is 8.95. The van der Waals surface area contributed by atoms with Crippen molar-refractivity contribution in [3.8, 4) is 11.1 Å². The maximum absolute atomic E-state index is 13.1. The van der Waals surface area contributed by atoms with Crippen LogP contribution in [-0.4, -0.2) is 22.0 Å². The van der Waals surface area contributed by atoms with Gasteiger partial charge in [0.1, 0.15) is 5.69 Å². The molecular weight excluding hydrogens is 366 g/mol. The van der Waals surface area contributed by atoms with Gasteiger partial charge < -0.3 is 15.5 Å². The number of Topliss-reactive ketones (excluding diaryl/α,β-unsaturated/α-hetero) is 1. The van der Waals surface area contributed by atoms with Crippen LogP contribution in [0.3, 0.4) is 0 Å². The Morgan fingerprint density at radius 3 is 2.21 bits per heavy atom. The van der Waals surface area contributed by atoms with Crippen molar-refractivity contribution in [3.63, 3.8) is 0 Å². The summed E-state index contributed by atoms with van der Waals surface area (Å²) in [5, 5.41) is 2.59. The highest BCUT2D eigenvalue weighted by Gasteiger charge is 2.24. The fraction of sp³-hybridized carbons (Fsp3) is 0. The van der Waals surface area contributed by atoms with Crippen molar-refractivity contribution in [2.75, 3.05) is 5.32 Å². The Bertz CT molecular complexity index is 1230. The van der Waals surface area contributed by atoms with Crippen LogP contribution in [0.2, 0.25) is 0 Å². The van der Waals surface area contributed by atoms with E-state index in [1.807, 2.05) is 48.5 Å². The number of fused-ring (bicyclic) bond motifs is 1. The van der Waals surface area contributed by atoms with Gasteiger partial charge in [0.2, 0.25) is 5.91 Å². The predicted octanol–water partition coefficient (Wildman–Crippen LogP) is 3.53. The van der Waals surface area contributed by atoms with Gasteiger partial charge in [-0.2, -0.15) is 0 Å². The maximum Gasteiger partial charge on any atom is 0.298 e. The lowest BCUT2D eigenvalue weighted by Crippen LogP contribution is -2.24. The molecule has 0 spiro atoms. The van der Waals surface area contributed by atoms with Gasteiger partial charge in [0, 0.05) is 28.5 Å². The Morgan fingerprint density at radius 1 is 0.828 bits per heavy atom. The zero-order valence-electron chi connectivity index (χ0n) is 15.3. The van der Waals surface area contributed by atoms with Crippen molar-refractivity contribution in [1.82, 2.24) is 4.40 Å². The second kappa shape index (κ2) is 7.44. The Balaban J connectivity index is 1.71. The summed E-state index contributed by atoms with van der Waals surface area (Å²) in [5.74, 6) is -1.99. The predicted molar refractivity (Wildman–Crippen MR) is 111 cm³/mol. The van der Waals surface area contributed by atoms with Crippen molar-refractivity contribution >= 4 is 28.8 Å². The van der Waals surface area contributed by atoms with E-state index in [4.69, 9.17) is 5.73 Å². The summed E-state index contributed by atoms with van der Waals surface area (Å²) < 4.78 is 1.71. The second-order valence-electron chi connectivity index (χ2n) is 6.49. The number of hydrogen-bond acceptors (Lipinski definition) is 3. The minimum atomic E-state index is -0.766. The molecule has 0 fully saturated rings. The van der Waals surface area contributed by atoms with Crippen LogP contribution in [-0.2, 0) is 4.79 Å². The summed E-state index contributed by atoms with van der Waals surface area (Å²) in [6.45, 7) is 0. The summed E-state index contributed by atoms with van der Waals surface area (Å²) in [6.07, 6.45) is 1.75. The number of benzene rings is 2. The first kappa shape index (κ1) is 18.2. The average molecular weight is 383 g/mol. The Kier molecular flexibility index (Phi) is 4.66. The molecule has 0 atom stereocenters. The molecule has 2 heterocycles. The number of amides is 2. The van der Waals surface area contributed by atoms with Crippen LogP contribution in [0.1, 0.15) is 20.8 Å². The Hall–Kier alpha value is -4.19.